The van der Waals surface area contributed by atoms with Gasteiger partial charge in [-0.15, -0.1) is 0 Å². The Labute approximate surface area is 114 Å². The molecule has 5 heteroatoms. The molecule has 1 aromatic heterocycles. The van der Waals surface area contributed by atoms with E-state index in [2.05, 4.69) is 22.2 Å². The molecule has 1 aliphatic rings. The summed E-state index contributed by atoms with van der Waals surface area (Å²) in [6.07, 6.45) is 4.62. The molecular weight excluding hydrogens is 240 g/mol. The Morgan fingerprint density at radius 1 is 1.47 bits per heavy atom. The maximum Gasteiger partial charge on any atom is 0.293 e. The van der Waals surface area contributed by atoms with Crippen molar-refractivity contribution in [2.75, 3.05) is 32.0 Å². The molecule has 0 spiro atoms. The van der Waals surface area contributed by atoms with Crippen LogP contribution in [0.15, 0.2) is 17.2 Å². The van der Waals surface area contributed by atoms with E-state index < -0.39 is 0 Å². The fraction of sp³-hybridized carbons (Fsp3) is 0.714. The molecule has 5 nitrogen and oxygen atoms in total. The van der Waals surface area contributed by atoms with Gasteiger partial charge in [-0.05, 0) is 46.7 Å². The number of nitrogens with zero attached hydrogens (tertiary/aromatic N) is 3. The first-order chi connectivity index (χ1) is 8.88. The number of rotatable bonds is 3. The van der Waals surface area contributed by atoms with Gasteiger partial charge in [-0.1, -0.05) is 0 Å². The number of nitrogens with one attached hydrogen (secondary N) is 1. The van der Waals surface area contributed by atoms with E-state index in [-0.39, 0.29) is 11.1 Å². The molecule has 19 heavy (non-hydrogen) atoms. The minimum Gasteiger partial charge on any atom is -0.365 e. The highest BCUT2D eigenvalue weighted by molar-refractivity contribution is 5.31. The molecule has 2 rings (SSSR count). The van der Waals surface area contributed by atoms with Crippen LogP contribution in [-0.4, -0.2) is 41.1 Å². The van der Waals surface area contributed by atoms with Gasteiger partial charge in [-0.2, -0.15) is 0 Å². The second-order valence-electron chi connectivity index (χ2n) is 6.42. The Morgan fingerprint density at radius 2 is 2.21 bits per heavy atom. The van der Waals surface area contributed by atoms with Crippen molar-refractivity contribution in [3.63, 3.8) is 0 Å². The van der Waals surface area contributed by atoms with Gasteiger partial charge in [0.15, 0.2) is 5.82 Å². The number of hydrogen-bond donors (Lipinski definition) is 1. The molecule has 1 fully saturated rings. The van der Waals surface area contributed by atoms with Crippen LogP contribution in [0.1, 0.15) is 27.2 Å². The van der Waals surface area contributed by atoms with Crippen LogP contribution < -0.4 is 10.9 Å². The van der Waals surface area contributed by atoms with Crippen molar-refractivity contribution >= 4 is 5.82 Å². The summed E-state index contributed by atoms with van der Waals surface area (Å²) in [5.41, 5.74) is -0.259. The minimum absolute atomic E-state index is 0.0404. The molecule has 0 aliphatic carbocycles. The summed E-state index contributed by atoms with van der Waals surface area (Å²) in [5.74, 6) is 1.07. The Morgan fingerprint density at radius 3 is 2.79 bits per heavy atom. The van der Waals surface area contributed by atoms with Crippen molar-refractivity contribution in [2.24, 2.45) is 5.92 Å². The molecule has 106 valence electrons. The second-order valence-corrected chi connectivity index (χ2v) is 6.42. The van der Waals surface area contributed by atoms with E-state index in [1.54, 1.807) is 17.0 Å². The van der Waals surface area contributed by atoms with Crippen molar-refractivity contribution in [3.05, 3.63) is 22.7 Å². The maximum atomic E-state index is 12.3. The van der Waals surface area contributed by atoms with Crippen LogP contribution in [0.2, 0.25) is 0 Å². The number of hydrogen-bond acceptors (Lipinski definition) is 4. The Hall–Kier alpha value is -1.36. The van der Waals surface area contributed by atoms with Gasteiger partial charge in [0.25, 0.3) is 5.56 Å². The first kappa shape index (κ1) is 14.1. The summed E-state index contributed by atoms with van der Waals surface area (Å²) < 4.78 is 1.73. The van der Waals surface area contributed by atoms with Crippen LogP contribution in [0, 0.1) is 5.92 Å². The average molecular weight is 264 g/mol. The summed E-state index contributed by atoms with van der Waals surface area (Å²) in [7, 11) is 2.13. The monoisotopic (exact) mass is 264 g/mol. The van der Waals surface area contributed by atoms with E-state index in [1.807, 2.05) is 20.8 Å². The fourth-order valence-corrected chi connectivity index (χ4v) is 2.49. The lowest BCUT2D eigenvalue weighted by Crippen LogP contribution is -2.35. The van der Waals surface area contributed by atoms with E-state index in [0.29, 0.717) is 11.7 Å². The van der Waals surface area contributed by atoms with Gasteiger partial charge in [0.05, 0.1) is 0 Å². The normalized spacial score (nSPS) is 20.7. The SMILES string of the molecule is CN1CCC(CNc2nccn(C(C)(C)C)c2=O)C1. The van der Waals surface area contributed by atoms with E-state index >= 15 is 0 Å². The van der Waals surface area contributed by atoms with Gasteiger partial charge in [-0.3, -0.25) is 4.79 Å². The average Bonchev–Trinajstić information content (AvgIpc) is 2.72. The minimum atomic E-state index is -0.218. The van der Waals surface area contributed by atoms with Gasteiger partial charge in [0, 0.05) is 31.0 Å². The molecule has 0 aromatic carbocycles. The molecule has 0 saturated carbocycles. The van der Waals surface area contributed by atoms with Crippen LogP contribution >= 0.6 is 0 Å². The number of anilines is 1. The smallest absolute Gasteiger partial charge is 0.293 e. The zero-order valence-electron chi connectivity index (χ0n) is 12.3. The number of likely N-dealkylation sites (tertiary alicyclic amines) is 1. The summed E-state index contributed by atoms with van der Waals surface area (Å²) in [6, 6.07) is 0. The molecular formula is C14H24N4O. The lowest BCUT2D eigenvalue weighted by atomic mass is 10.1. The van der Waals surface area contributed by atoms with E-state index in [4.69, 9.17) is 0 Å². The molecule has 0 amide bonds. The highest BCUT2D eigenvalue weighted by Gasteiger charge is 2.20. The van der Waals surface area contributed by atoms with Crippen molar-refractivity contribution in [1.82, 2.24) is 14.5 Å². The highest BCUT2D eigenvalue weighted by atomic mass is 16.1. The van der Waals surface area contributed by atoms with Crippen LogP contribution in [0.4, 0.5) is 5.82 Å². The van der Waals surface area contributed by atoms with Crippen LogP contribution in [0.5, 0.6) is 0 Å². The van der Waals surface area contributed by atoms with Gasteiger partial charge in [0.2, 0.25) is 0 Å². The molecule has 1 atom stereocenters. The standard InChI is InChI=1S/C14H24N4O/c1-14(2,3)18-8-6-15-12(13(18)19)16-9-11-5-7-17(4)10-11/h6,8,11H,5,7,9-10H2,1-4H3,(H,15,16). The molecule has 1 saturated heterocycles. The quantitative estimate of drug-likeness (QED) is 0.895. The van der Waals surface area contributed by atoms with Crippen molar-refractivity contribution in [2.45, 2.75) is 32.7 Å². The molecule has 1 N–H and O–H groups in total. The largest absolute Gasteiger partial charge is 0.365 e. The highest BCUT2D eigenvalue weighted by Crippen LogP contribution is 2.15. The Bertz CT molecular complexity index is 489. The van der Waals surface area contributed by atoms with Gasteiger partial charge in [0.1, 0.15) is 0 Å². The first-order valence-electron chi connectivity index (χ1n) is 6.88. The zero-order valence-corrected chi connectivity index (χ0v) is 12.3. The number of aromatic nitrogens is 2. The fourth-order valence-electron chi connectivity index (χ4n) is 2.49. The van der Waals surface area contributed by atoms with E-state index in [1.165, 1.54) is 6.42 Å². The summed E-state index contributed by atoms with van der Waals surface area (Å²) in [6.45, 7) is 9.10. The van der Waals surface area contributed by atoms with Crippen molar-refractivity contribution in [3.8, 4) is 0 Å². The summed E-state index contributed by atoms with van der Waals surface area (Å²) in [5, 5.41) is 3.22. The lowest BCUT2D eigenvalue weighted by molar-refractivity contribution is 0.382. The third-order valence-electron chi connectivity index (χ3n) is 3.61. The van der Waals surface area contributed by atoms with Crippen LogP contribution in [0.3, 0.4) is 0 Å². The second kappa shape index (κ2) is 5.33. The molecule has 2 heterocycles. The molecule has 0 radical (unpaired) electrons. The van der Waals surface area contributed by atoms with Crippen LogP contribution in [0.25, 0.3) is 0 Å². The first-order valence-corrected chi connectivity index (χ1v) is 6.88. The van der Waals surface area contributed by atoms with E-state index in [0.717, 1.165) is 19.6 Å². The third kappa shape index (κ3) is 3.35. The summed E-state index contributed by atoms with van der Waals surface area (Å²) >= 11 is 0. The predicted octanol–water partition coefficient (Wildman–Crippen LogP) is 1.36. The van der Waals surface area contributed by atoms with Crippen LogP contribution in [-0.2, 0) is 5.54 Å². The molecule has 1 unspecified atom stereocenters. The zero-order chi connectivity index (χ0) is 14.0. The Kier molecular flexibility index (Phi) is 3.94. The topological polar surface area (TPSA) is 50.2 Å². The van der Waals surface area contributed by atoms with Gasteiger partial charge < -0.3 is 14.8 Å². The third-order valence-corrected chi connectivity index (χ3v) is 3.61. The maximum absolute atomic E-state index is 12.3. The molecule has 1 aliphatic heterocycles. The van der Waals surface area contributed by atoms with E-state index in [9.17, 15) is 4.79 Å². The lowest BCUT2D eigenvalue weighted by Gasteiger charge is -2.22. The van der Waals surface area contributed by atoms with Crippen molar-refractivity contribution < 1.29 is 0 Å². The van der Waals surface area contributed by atoms with Gasteiger partial charge >= 0.3 is 0 Å². The van der Waals surface area contributed by atoms with Crippen molar-refractivity contribution in [1.29, 1.82) is 0 Å². The molecule has 0 bridgehead atoms. The predicted molar refractivity (Wildman–Crippen MR) is 77.6 cm³/mol. The Balaban J connectivity index is 2.07. The molecule has 1 aromatic rings. The summed E-state index contributed by atoms with van der Waals surface area (Å²) in [4.78, 5) is 18.8. The van der Waals surface area contributed by atoms with Gasteiger partial charge in [-0.25, -0.2) is 4.98 Å².